The Kier molecular flexibility index (Phi) is 7.18. The first kappa shape index (κ1) is 23.0. The second-order valence-electron chi connectivity index (χ2n) is 6.74. The summed E-state index contributed by atoms with van der Waals surface area (Å²) in [7, 11) is 1.46. The van der Waals surface area contributed by atoms with Crippen molar-refractivity contribution in [2.45, 2.75) is 25.6 Å². The maximum Gasteiger partial charge on any atom is 0.285 e. The molecular weight excluding hydrogens is 447 g/mol. The molecule has 0 bridgehead atoms. The van der Waals surface area contributed by atoms with E-state index in [-0.39, 0.29) is 30.0 Å². The Morgan fingerprint density at radius 2 is 2.00 bits per heavy atom. The number of hydrogen-bond acceptors (Lipinski definition) is 5. The van der Waals surface area contributed by atoms with Crippen molar-refractivity contribution in [2.24, 2.45) is 0 Å². The minimum atomic E-state index is -3.05. The molecule has 0 saturated carbocycles. The fourth-order valence-electron chi connectivity index (χ4n) is 2.96. The van der Waals surface area contributed by atoms with E-state index >= 15 is 0 Å². The Labute approximate surface area is 185 Å². The van der Waals surface area contributed by atoms with E-state index < -0.39 is 5.66 Å². The van der Waals surface area contributed by atoms with Crippen molar-refractivity contribution in [3.8, 4) is 11.6 Å². The van der Waals surface area contributed by atoms with Gasteiger partial charge in [0.1, 0.15) is 6.61 Å². The van der Waals surface area contributed by atoms with Crippen LogP contribution in [-0.2, 0) is 5.66 Å². The van der Waals surface area contributed by atoms with Crippen molar-refractivity contribution in [3.63, 3.8) is 0 Å². The lowest BCUT2D eigenvalue weighted by atomic mass is 10.1. The summed E-state index contributed by atoms with van der Waals surface area (Å²) in [4.78, 5) is 20.1. The lowest BCUT2D eigenvalue weighted by molar-refractivity contribution is 0.0645. The Balaban J connectivity index is 1.74. The molecule has 0 fully saturated rings. The van der Waals surface area contributed by atoms with Crippen LogP contribution in [-0.4, -0.2) is 50.0 Å². The van der Waals surface area contributed by atoms with Gasteiger partial charge in [0, 0.05) is 29.4 Å². The lowest BCUT2D eigenvalue weighted by Crippen LogP contribution is -2.42. The number of amides is 1. The van der Waals surface area contributed by atoms with E-state index in [1.54, 1.807) is 23.1 Å². The number of carbonyl (C=O) groups is 1. The molecule has 0 aliphatic rings. The van der Waals surface area contributed by atoms with Crippen molar-refractivity contribution < 1.29 is 18.3 Å². The third-order valence-electron chi connectivity index (χ3n) is 4.55. The topological polar surface area (TPSA) is 73.1 Å². The minimum Gasteiger partial charge on any atom is -0.475 e. The van der Waals surface area contributed by atoms with Crippen molar-refractivity contribution in [1.82, 2.24) is 24.9 Å². The van der Waals surface area contributed by atoms with Gasteiger partial charge in [-0.15, -0.1) is 0 Å². The molecule has 0 aliphatic carbocycles. The molecule has 3 rings (SSSR count). The summed E-state index contributed by atoms with van der Waals surface area (Å²) < 4.78 is 32.2. The number of pyridine rings is 1. The summed E-state index contributed by atoms with van der Waals surface area (Å²) in [6.07, 6.45) is 4.08. The summed E-state index contributed by atoms with van der Waals surface area (Å²) >= 11 is 6.10. The van der Waals surface area contributed by atoms with Gasteiger partial charge in [-0.1, -0.05) is 20.8 Å². The molecule has 1 unspecified atom stereocenters. The van der Waals surface area contributed by atoms with Crippen LogP contribution in [0.2, 0.25) is 5.02 Å². The standard InChI is InChI=1S/C20H21ClF2N5O2P/c1-3-27(13(2)12-30-18-7-4-14(11-24-18)20(22,23)31)19(29)16-6-5-15(21)10-17(16)28-25-8-9-26-28/h4-11,13H,3,12,31H2,1-2H3/t13-/m0/s1. The molecular formula is C20H21ClF2N5O2P. The molecule has 7 nitrogen and oxygen atoms in total. The number of nitrogens with zero attached hydrogens (tertiary/aromatic N) is 5. The van der Waals surface area contributed by atoms with Crippen LogP contribution >= 0.6 is 20.8 Å². The second-order valence-corrected chi connectivity index (χ2v) is 7.90. The van der Waals surface area contributed by atoms with Gasteiger partial charge in [0.2, 0.25) is 5.88 Å². The fourth-order valence-corrected chi connectivity index (χ4v) is 3.30. The van der Waals surface area contributed by atoms with Gasteiger partial charge in [0.25, 0.3) is 11.6 Å². The molecule has 1 amide bonds. The Hall–Kier alpha value is -2.64. The Morgan fingerprint density at radius 1 is 1.29 bits per heavy atom. The second kappa shape index (κ2) is 9.66. The zero-order valence-electron chi connectivity index (χ0n) is 16.9. The highest BCUT2D eigenvalue weighted by atomic mass is 35.5. The number of ether oxygens (including phenoxy) is 1. The average Bonchev–Trinajstić information content (AvgIpc) is 3.27. The van der Waals surface area contributed by atoms with Crippen molar-refractivity contribution >= 4 is 26.7 Å². The Bertz CT molecular complexity index is 1030. The predicted molar refractivity (Wildman–Crippen MR) is 116 cm³/mol. The summed E-state index contributed by atoms with van der Waals surface area (Å²) in [5.74, 6) is -0.0465. The zero-order valence-corrected chi connectivity index (χ0v) is 18.8. The van der Waals surface area contributed by atoms with Gasteiger partial charge in [-0.3, -0.25) is 4.79 Å². The van der Waals surface area contributed by atoms with Crippen LogP contribution in [0.1, 0.15) is 29.8 Å². The summed E-state index contributed by atoms with van der Waals surface area (Å²) in [6, 6.07) is 7.18. The summed E-state index contributed by atoms with van der Waals surface area (Å²) in [5, 5.41) is 8.63. The molecule has 1 aromatic carbocycles. The van der Waals surface area contributed by atoms with Crippen LogP contribution in [0.25, 0.3) is 5.69 Å². The molecule has 0 spiro atoms. The quantitative estimate of drug-likeness (QED) is 0.465. The Morgan fingerprint density at radius 3 is 2.58 bits per heavy atom. The number of carbonyl (C=O) groups excluding carboxylic acids is 1. The van der Waals surface area contributed by atoms with E-state index in [0.29, 0.717) is 22.8 Å². The molecule has 3 aromatic rings. The van der Waals surface area contributed by atoms with E-state index in [4.69, 9.17) is 16.3 Å². The largest absolute Gasteiger partial charge is 0.475 e. The van der Waals surface area contributed by atoms with E-state index in [2.05, 4.69) is 15.2 Å². The smallest absolute Gasteiger partial charge is 0.285 e. The molecule has 0 saturated heterocycles. The van der Waals surface area contributed by atoms with E-state index in [1.165, 1.54) is 38.6 Å². The number of hydrogen-bond donors (Lipinski definition) is 0. The highest BCUT2D eigenvalue weighted by Gasteiger charge is 2.26. The number of alkyl halides is 2. The molecule has 31 heavy (non-hydrogen) atoms. The summed E-state index contributed by atoms with van der Waals surface area (Å²) in [6.45, 7) is 4.23. The third kappa shape index (κ3) is 5.54. The van der Waals surface area contributed by atoms with E-state index in [9.17, 15) is 13.6 Å². The zero-order chi connectivity index (χ0) is 22.6. The molecule has 164 valence electrons. The van der Waals surface area contributed by atoms with Crippen molar-refractivity contribution in [1.29, 1.82) is 0 Å². The molecule has 2 atom stereocenters. The average molecular weight is 468 g/mol. The number of halogens is 3. The van der Waals surface area contributed by atoms with Crippen LogP contribution < -0.4 is 4.74 Å². The lowest BCUT2D eigenvalue weighted by Gasteiger charge is -2.28. The first-order valence-electron chi connectivity index (χ1n) is 9.44. The first-order chi connectivity index (χ1) is 14.7. The first-order valence-corrected chi connectivity index (χ1v) is 10.4. The van der Waals surface area contributed by atoms with Crippen molar-refractivity contribution in [3.05, 3.63) is 65.1 Å². The number of likely N-dealkylation sites (N-methyl/N-ethyl adjacent to an activating group) is 1. The molecule has 0 N–H and O–H groups in total. The van der Waals surface area contributed by atoms with Gasteiger partial charge in [0.05, 0.1) is 29.7 Å². The monoisotopic (exact) mass is 467 g/mol. The van der Waals surface area contributed by atoms with Gasteiger partial charge in [0.15, 0.2) is 0 Å². The maximum absolute atomic E-state index is 13.3. The number of rotatable bonds is 8. The van der Waals surface area contributed by atoms with Gasteiger partial charge in [-0.25, -0.2) is 4.98 Å². The van der Waals surface area contributed by atoms with Crippen LogP contribution in [0.4, 0.5) is 8.78 Å². The highest BCUT2D eigenvalue weighted by molar-refractivity contribution is 7.17. The highest BCUT2D eigenvalue weighted by Crippen LogP contribution is 2.34. The fraction of sp³-hybridized carbons (Fsp3) is 0.300. The van der Waals surface area contributed by atoms with Gasteiger partial charge in [-0.2, -0.15) is 23.8 Å². The molecule has 11 heteroatoms. The SMILES string of the molecule is CCN(C(=O)c1ccc(Cl)cc1-n1nccn1)[C@@H](C)COc1ccc(C(F)(F)P)cn1. The maximum atomic E-state index is 13.3. The van der Waals surface area contributed by atoms with Gasteiger partial charge in [-0.05, 0) is 38.1 Å². The van der Waals surface area contributed by atoms with E-state index in [0.717, 1.165) is 6.20 Å². The predicted octanol–water partition coefficient (Wildman–Crippen LogP) is 4.17. The molecule has 2 aromatic heterocycles. The summed E-state index contributed by atoms with van der Waals surface area (Å²) in [5.41, 5.74) is -2.43. The normalized spacial score (nSPS) is 12.5. The molecule has 0 radical (unpaired) electrons. The van der Waals surface area contributed by atoms with Crippen LogP contribution in [0.15, 0.2) is 48.9 Å². The number of benzene rings is 1. The van der Waals surface area contributed by atoms with E-state index in [1.807, 2.05) is 13.8 Å². The number of aromatic nitrogens is 4. The van der Waals surface area contributed by atoms with Crippen LogP contribution in [0.3, 0.4) is 0 Å². The van der Waals surface area contributed by atoms with Crippen LogP contribution in [0, 0.1) is 0 Å². The van der Waals surface area contributed by atoms with Gasteiger partial charge < -0.3 is 9.64 Å². The van der Waals surface area contributed by atoms with Gasteiger partial charge >= 0.3 is 0 Å². The van der Waals surface area contributed by atoms with Crippen LogP contribution in [0.5, 0.6) is 5.88 Å². The molecule has 2 heterocycles. The third-order valence-corrected chi connectivity index (χ3v) is 5.12. The minimum absolute atomic E-state index is 0.131. The van der Waals surface area contributed by atoms with Crippen molar-refractivity contribution in [2.75, 3.05) is 13.2 Å². The molecule has 0 aliphatic heterocycles.